The van der Waals surface area contributed by atoms with E-state index in [0.717, 1.165) is 29.8 Å². The molecule has 2 heterocycles. The topological polar surface area (TPSA) is 55.1 Å². The van der Waals surface area contributed by atoms with Crippen molar-refractivity contribution in [3.8, 4) is 0 Å². The summed E-state index contributed by atoms with van der Waals surface area (Å²) in [5, 5.41) is 10.0. The van der Waals surface area contributed by atoms with Gasteiger partial charge in [-0.05, 0) is 30.7 Å². The summed E-state index contributed by atoms with van der Waals surface area (Å²) in [4.78, 5) is 16.1. The molecule has 21 heavy (non-hydrogen) atoms. The van der Waals surface area contributed by atoms with Crippen molar-refractivity contribution in [1.82, 2.24) is 9.55 Å². The van der Waals surface area contributed by atoms with E-state index in [9.17, 15) is 9.90 Å². The average molecular weight is 304 g/mol. The number of para-hydroxylation sites is 1. The fraction of sp³-hybridized carbons (Fsp3) is 0.500. The first-order valence-corrected chi connectivity index (χ1v) is 8.58. The minimum Gasteiger partial charge on any atom is -0.478 e. The lowest BCUT2D eigenvalue weighted by molar-refractivity contribution is 0.0698. The quantitative estimate of drug-likeness (QED) is 0.938. The van der Waals surface area contributed by atoms with Gasteiger partial charge in [-0.2, -0.15) is 11.8 Å². The van der Waals surface area contributed by atoms with E-state index in [1.807, 2.05) is 17.8 Å². The lowest BCUT2D eigenvalue weighted by atomic mass is 10.1. The molecule has 5 heteroatoms. The zero-order valence-electron chi connectivity index (χ0n) is 12.2. The van der Waals surface area contributed by atoms with Crippen molar-refractivity contribution in [2.45, 2.75) is 44.4 Å². The Bertz CT molecular complexity index is 660. The van der Waals surface area contributed by atoms with Crippen LogP contribution in [0.5, 0.6) is 0 Å². The van der Waals surface area contributed by atoms with Crippen LogP contribution in [-0.2, 0) is 13.0 Å². The van der Waals surface area contributed by atoms with E-state index in [1.165, 1.54) is 25.0 Å². The van der Waals surface area contributed by atoms with Crippen molar-refractivity contribution >= 4 is 28.8 Å². The number of benzene rings is 1. The third-order valence-electron chi connectivity index (χ3n) is 4.05. The molecule has 1 aliphatic heterocycles. The summed E-state index contributed by atoms with van der Waals surface area (Å²) in [6.45, 7) is 2.95. The maximum absolute atomic E-state index is 11.5. The Morgan fingerprint density at radius 1 is 1.48 bits per heavy atom. The van der Waals surface area contributed by atoms with Crippen molar-refractivity contribution in [3.05, 3.63) is 29.6 Å². The zero-order valence-corrected chi connectivity index (χ0v) is 13.0. The maximum atomic E-state index is 11.5. The lowest BCUT2D eigenvalue weighted by Gasteiger charge is -2.23. The molecule has 1 aromatic heterocycles. The van der Waals surface area contributed by atoms with Gasteiger partial charge in [0, 0.05) is 18.2 Å². The first kappa shape index (κ1) is 14.4. The number of carbonyl (C=O) groups is 1. The predicted molar refractivity (Wildman–Crippen MR) is 86.2 cm³/mol. The Kier molecular flexibility index (Phi) is 4.19. The molecule has 0 bridgehead atoms. The Hall–Kier alpha value is -1.49. The number of aryl methyl sites for hydroxylation is 1. The number of hydrogen-bond donors (Lipinski definition) is 1. The number of carboxylic acid groups (broad SMARTS) is 1. The second kappa shape index (κ2) is 6.10. The Morgan fingerprint density at radius 3 is 3.00 bits per heavy atom. The van der Waals surface area contributed by atoms with Gasteiger partial charge < -0.3 is 9.67 Å². The molecule has 1 aliphatic rings. The summed E-state index contributed by atoms with van der Waals surface area (Å²) < 4.78 is 2.14. The standard InChI is InChI=1S/C16H20N2O2S/c1-2-14-17-13-8-5-7-12(16(19)20)15(13)18(14)10-11-6-3-4-9-21-11/h5,7-8,11H,2-4,6,9-10H2,1H3,(H,19,20). The molecule has 4 nitrogen and oxygen atoms in total. The molecule has 1 unspecified atom stereocenters. The van der Waals surface area contributed by atoms with E-state index in [-0.39, 0.29) is 0 Å². The second-order valence-electron chi connectivity index (χ2n) is 5.46. The van der Waals surface area contributed by atoms with Crippen LogP contribution in [0.4, 0.5) is 0 Å². The van der Waals surface area contributed by atoms with Gasteiger partial charge in [-0.3, -0.25) is 0 Å². The average Bonchev–Trinajstić information content (AvgIpc) is 2.86. The van der Waals surface area contributed by atoms with Crippen molar-refractivity contribution in [1.29, 1.82) is 0 Å². The van der Waals surface area contributed by atoms with Gasteiger partial charge in [-0.25, -0.2) is 9.78 Å². The van der Waals surface area contributed by atoms with Gasteiger partial charge in [-0.1, -0.05) is 19.4 Å². The summed E-state index contributed by atoms with van der Waals surface area (Å²) >= 11 is 2.01. The molecule has 0 saturated carbocycles. The van der Waals surface area contributed by atoms with Gasteiger partial charge in [0.2, 0.25) is 0 Å². The largest absolute Gasteiger partial charge is 0.478 e. The molecule has 1 fully saturated rings. The van der Waals surface area contributed by atoms with E-state index < -0.39 is 5.97 Å². The lowest BCUT2D eigenvalue weighted by Crippen LogP contribution is -2.19. The van der Waals surface area contributed by atoms with E-state index in [0.29, 0.717) is 10.8 Å². The summed E-state index contributed by atoms with van der Waals surface area (Å²) in [5.74, 6) is 1.33. The van der Waals surface area contributed by atoms with Crippen LogP contribution in [-0.4, -0.2) is 31.6 Å². The highest BCUT2D eigenvalue weighted by molar-refractivity contribution is 7.99. The predicted octanol–water partition coefficient (Wildman–Crippen LogP) is 3.58. The van der Waals surface area contributed by atoms with E-state index in [2.05, 4.69) is 16.5 Å². The first-order valence-electron chi connectivity index (χ1n) is 7.53. The molecule has 1 N–H and O–H groups in total. The summed E-state index contributed by atoms with van der Waals surface area (Å²) in [7, 11) is 0. The smallest absolute Gasteiger partial charge is 0.337 e. The van der Waals surface area contributed by atoms with Gasteiger partial charge in [0.25, 0.3) is 0 Å². The van der Waals surface area contributed by atoms with E-state index >= 15 is 0 Å². The molecule has 0 amide bonds. The number of aromatic nitrogens is 2. The number of hydrogen-bond acceptors (Lipinski definition) is 3. The van der Waals surface area contributed by atoms with Gasteiger partial charge in [-0.15, -0.1) is 0 Å². The highest BCUT2D eigenvalue weighted by atomic mass is 32.2. The van der Waals surface area contributed by atoms with Crippen LogP contribution in [0.1, 0.15) is 42.4 Å². The van der Waals surface area contributed by atoms with Crippen LogP contribution in [0, 0.1) is 0 Å². The number of rotatable bonds is 4. The number of aromatic carboxylic acids is 1. The molecule has 2 aromatic rings. The highest BCUT2D eigenvalue weighted by Crippen LogP contribution is 2.29. The van der Waals surface area contributed by atoms with Crippen molar-refractivity contribution < 1.29 is 9.90 Å². The third kappa shape index (κ3) is 2.79. The molecule has 0 aliphatic carbocycles. The second-order valence-corrected chi connectivity index (χ2v) is 6.87. The molecule has 0 spiro atoms. The highest BCUT2D eigenvalue weighted by Gasteiger charge is 2.21. The molecule has 0 radical (unpaired) electrons. The number of nitrogens with zero attached hydrogens (tertiary/aromatic N) is 2. The van der Waals surface area contributed by atoms with Crippen molar-refractivity contribution in [2.24, 2.45) is 0 Å². The molecule has 3 rings (SSSR count). The SMILES string of the molecule is CCc1nc2cccc(C(=O)O)c2n1CC1CCCCS1. The van der Waals surface area contributed by atoms with Crippen LogP contribution in [0.25, 0.3) is 11.0 Å². The first-order chi connectivity index (χ1) is 10.2. The molecule has 1 aromatic carbocycles. The Balaban J connectivity index is 2.07. The minimum absolute atomic E-state index is 0.362. The fourth-order valence-corrected chi connectivity index (χ4v) is 4.32. The van der Waals surface area contributed by atoms with Gasteiger partial charge in [0.15, 0.2) is 0 Å². The van der Waals surface area contributed by atoms with Crippen LogP contribution in [0.2, 0.25) is 0 Å². The van der Waals surface area contributed by atoms with Crippen LogP contribution in [0.3, 0.4) is 0 Å². The van der Waals surface area contributed by atoms with E-state index in [4.69, 9.17) is 0 Å². The van der Waals surface area contributed by atoms with E-state index in [1.54, 1.807) is 12.1 Å². The number of thioether (sulfide) groups is 1. The monoisotopic (exact) mass is 304 g/mol. The van der Waals surface area contributed by atoms with Crippen LogP contribution in [0.15, 0.2) is 18.2 Å². The zero-order chi connectivity index (χ0) is 14.8. The minimum atomic E-state index is -0.874. The van der Waals surface area contributed by atoms with Gasteiger partial charge in [0.05, 0.1) is 16.6 Å². The Labute approximate surface area is 128 Å². The number of carboxylic acids is 1. The molecule has 112 valence electrons. The normalized spacial score (nSPS) is 19.0. The molecule has 1 saturated heterocycles. The molecular weight excluding hydrogens is 284 g/mol. The molecular formula is C16H20N2O2S. The Morgan fingerprint density at radius 2 is 2.33 bits per heavy atom. The summed E-state index contributed by atoms with van der Waals surface area (Å²) in [5.41, 5.74) is 1.95. The van der Waals surface area contributed by atoms with Crippen molar-refractivity contribution in [2.75, 3.05) is 5.75 Å². The number of imidazole rings is 1. The number of fused-ring (bicyclic) bond motifs is 1. The fourth-order valence-electron chi connectivity index (χ4n) is 3.03. The summed E-state index contributed by atoms with van der Waals surface area (Å²) in [6, 6.07) is 5.36. The third-order valence-corrected chi connectivity index (χ3v) is 5.43. The van der Waals surface area contributed by atoms with Crippen molar-refractivity contribution in [3.63, 3.8) is 0 Å². The van der Waals surface area contributed by atoms with Crippen LogP contribution >= 0.6 is 11.8 Å². The summed E-state index contributed by atoms with van der Waals surface area (Å²) in [6.07, 6.45) is 4.61. The van der Waals surface area contributed by atoms with Gasteiger partial charge in [0.1, 0.15) is 5.82 Å². The van der Waals surface area contributed by atoms with Crippen LogP contribution < -0.4 is 0 Å². The maximum Gasteiger partial charge on any atom is 0.337 e. The van der Waals surface area contributed by atoms with Gasteiger partial charge >= 0.3 is 5.97 Å². The molecule has 1 atom stereocenters.